The number of hydrogen-bond acceptors (Lipinski definition) is 4. The second kappa shape index (κ2) is 7.69. The van der Waals surface area contributed by atoms with Crippen LogP contribution >= 0.6 is 15.9 Å². The van der Waals surface area contributed by atoms with E-state index in [0.29, 0.717) is 10.9 Å². The summed E-state index contributed by atoms with van der Waals surface area (Å²) in [6, 6.07) is 7.63. The van der Waals surface area contributed by atoms with E-state index in [4.69, 9.17) is 0 Å². The maximum atomic E-state index is 11.0. The van der Waals surface area contributed by atoms with Gasteiger partial charge in [0.25, 0.3) is 0 Å². The van der Waals surface area contributed by atoms with E-state index < -0.39 is 0 Å². The minimum Gasteiger partial charge on any atom is -0.381 e. The maximum Gasteiger partial charge on any atom is 0.185 e. The van der Waals surface area contributed by atoms with E-state index in [9.17, 15) is 4.79 Å². The highest BCUT2D eigenvalue weighted by Crippen LogP contribution is 2.18. The smallest absolute Gasteiger partial charge is 0.185 e. The van der Waals surface area contributed by atoms with Gasteiger partial charge in [0.05, 0.1) is 10.3 Å². The van der Waals surface area contributed by atoms with Crippen molar-refractivity contribution in [3.8, 4) is 0 Å². The monoisotopic (exact) mass is 338 g/mol. The zero-order valence-corrected chi connectivity index (χ0v) is 13.7. The van der Waals surface area contributed by atoms with E-state index in [2.05, 4.69) is 26.2 Å². The van der Waals surface area contributed by atoms with Crippen LogP contribution in [0.15, 0.2) is 40.1 Å². The molecule has 0 fully saturated rings. The van der Waals surface area contributed by atoms with Crippen LogP contribution in [-0.2, 0) is 4.79 Å². The van der Waals surface area contributed by atoms with Gasteiger partial charge in [-0.3, -0.25) is 4.79 Å². The molecular formula is C14H19BrN4O. The van der Waals surface area contributed by atoms with Gasteiger partial charge in [-0.1, -0.05) is 0 Å². The van der Waals surface area contributed by atoms with Crippen molar-refractivity contribution in [1.82, 2.24) is 10.2 Å². The molecule has 1 aromatic carbocycles. The van der Waals surface area contributed by atoms with Gasteiger partial charge >= 0.3 is 0 Å². The van der Waals surface area contributed by atoms with Crippen LogP contribution in [-0.4, -0.2) is 45.2 Å². The molecule has 0 aliphatic carbocycles. The summed E-state index contributed by atoms with van der Waals surface area (Å²) in [6.07, 6.45) is 2.48. The normalized spacial score (nSPS) is 12.1. The summed E-state index contributed by atoms with van der Waals surface area (Å²) in [5.41, 5.74) is 1.80. The highest BCUT2D eigenvalue weighted by molar-refractivity contribution is 9.11. The molecule has 0 aliphatic rings. The third-order valence-electron chi connectivity index (χ3n) is 2.35. The van der Waals surface area contributed by atoms with Crippen LogP contribution in [0.1, 0.15) is 0 Å². The average Bonchev–Trinajstić information content (AvgIpc) is 2.37. The zero-order valence-electron chi connectivity index (χ0n) is 12.1. The van der Waals surface area contributed by atoms with Crippen LogP contribution in [0.5, 0.6) is 0 Å². The van der Waals surface area contributed by atoms with E-state index in [1.54, 1.807) is 6.20 Å². The fourth-order valence-corrected chi connectivity index (χ4v) is 2.04. The number of nitrogens with zero attached hydrogens (tertiary/aromatic N) is 3. The van der Waals surface area contributed by atoms with E-state index >= 15 is 0 Å². The topological polar surface area (TPSA) is 47.9 Å². The van der Waals surface area contributed by atoms with Gasteiger partial charge in [-0.15, -0.1) is 0 Å². The molecule has 0 aromatic heterocycles. The molecule has 0 heterocycles. The quantitative estimate of drug-likeness (QED) is 0.387. The Morgan fingerprint density at radius 1 is 1.20 bits per heavy atom. The summed E-state index contributed by atoms with van der Waals surface area (Å²) >= 11 is 3.33. The molecular weight excluding hydrogens is 320 g/mol. The summed E-state index contributed by atoms with van der Waals surface area (Å²) in [5, 5.41) is 2.89. The molecule has 20 heavy (non-hydrogen) atoms. The van der Waals surface area contributed by atoms with Crippen LogP contribution in [0.3, 0.4) is 0 Å². The second-order valence-corrected chi connectivity index (χ2v) is 5.45. The maximum absolute atomic E-state index is 11.0. The molecule has 1 N–H and O–H groups in total. The molecule has 0 saturated heterocycles. The van der Waals surface area contributed by atoms with Crippen molar-refractivity contribution in [3.63, 3.8) is 0 Å². The minimum atomic E-state index is 0.243. The summed E-state index contributed by atoms with van der Waals surface area (Å²) in [6.45, 7) is 0. The summed E-state index contributed by atoms with van der Waals surface area (Å²) in [7, 11) is 7.72. The summed E-state index contributed by atoms with van der Waals surface area (Å²) in [5.74, 6) is 0.243. The van der Waals surface area contributed by atoms with E-state index in [-0.39, 0.29) is 5.84 Å². The molecule has 0 atom stereocenters. The number of nitrogens with one attached hydrogen (secondary N) is 1. The molecule has 0 spiro atoms. The predicted octanol–water partition coefficient (Wildman–Crippen LogP) is 2.33. The van der Waals surface area contributed by atoms with Crippen molar-refractivity contribution in [2.45, 2.75) is 0 Å². The van der Waals surface area contributed by atoms with E-state index in [1.165, 1.54) is 0 Å². The van der Waals surface area contributed by atoms with Crippen molar-refractivity contribution >= 4 is 39.4 Å². The Morgan fingerprint density at radius 3 is 2.25 bits per heavy atom. The molecule has 5 nitrogen and oxygen atoms in total. The Bertz CT molecular complexity index is 506. The first-order chi connectivity index (χ1) is 9.42. The number of carbonyl (C=O) groups is 1. The third-order valence-corrected chi connectivity index (χ3v) is 2.75. The SMILES string of the molecule is CN(C)/C=C(/Br)NC(C=O)=Nc1ccc(N(C)C)cc1. The fourth-order valence-electron chi connectivity index (χ4n) is 1.43. The molecule has 1 rings (SSSR count). The Labute approximate surface area is 128 Å². The van der Waals surface area contributed by atoms with Crippen LogP contribution < -0.4 is 10.2 Å². The first kappa shape index (κ1) is 16.2. The van der Waals surface area contributed by atoms with Gasteiger partial charge in [0.15, 0.2) is 12.1 Å². The first-order valence-corrected chi connectivity index (χ1v) is 6.83. The summed E-state index contributed by atoms with van der Waals surface area (Å²) < 4.78 is 0.665. The molecule has 0 bridgehead atoms. The van der Waals surface area contributed by atoms with Crippen LogP contribution in [0.25, 0.3) is 0 Å². The number of carbonyl (C=O) groups excluding carboxylic acids is 1. The molecule has 0 amide bonds. The van der Waals surface area contributed by atoms with Gasteiger partial charge < -0.3 is 15.1 Å². The first-order valence-electron chi connectivity index (χ1n) is 6.04. The van der Waals surface area contributed by atoms with Gasteiger partial charge in [-0.25, -0.2) is 4.99 Å². The number of benzene rings is 1. The Kier molecular flexibility index (Phi) is 6.24. The van der Waals surface area contributed by atoms with Gasteiger partial charge in [-0.2, -0.15) is 0 Å². The Morgan fingerprint density at radius 2 is 1.80 bits per heavy atom. The van der Waals surface area contributed by atoms with Crippen LogP contribution in [0.2, 0.25) is 0 Å². The number of anilines is 1. The van der Waals surface area contributed by atoms with Gasteiger partial charge in [0, 0.05) is 40.1 Å². The minimum absolute atomic E-state index is 0.243. The van der Waals surface area contributed by atoms with Crippen molar-refractivity contribution in [1.29, 1.82) is 0 Å². The van der Waals surface area contributed by atoms with Crippen molar-refractivity contribution in [2.75, 3.05) is 33.1 Å². The number of aldehydes is 1. The molecule has 1 aromatic rings. The fraction of sp³-hybridized carbons (Fsp3) is 0.286. The highest BCUT2D eigenvalue weighted by Gasteiger charge is 2.01. The molecule has 0 unspecified atom stereocenters. The average molecular weight is 339 g/mol. The lowest BCUT2D eigenvalue weighted by Gasteiger charge is -2.12. The van der Waals surface area contributed by atoms with E-state index in [1.807, 2.05) is 62.3 Å². The highest BCUT2D eigenvalue weighted by atomic mass is 79.9. The second-order valence-electron chi connectivity index (χ2n) is 4.59. The van der Waals surface area contributed by atoms with E-state index in [0.717, 1.165) is 11.4 Å². The van der Waals surface area contributed by atoms with Gasteiger partial charge in [0.2, 0.25) is 0 Å². The van der Waals surface area contributed by atoms with Gasteiger partial charge in [0.1, 0.15) is 0 Å². The molecule has 6 heteroatoms. The van der Waals surface area contributed by atoms with Crippen molar-refractivity contribution < 1.29 is 4.79 Å². The Hall–Kier alpha value is -1.82. The van der Waals surface area contributed by atoms with Crippen molar-refractivity contribution in [2.24, 2.45) is 4.99 Å². The Balaban J connectivity index is 2.86. The number of rotatable bonds is 5. The largest absolute Gasteiger partial charge is 0.381 e. The standard InChI is InChI=1S/C14H19BrN4O/c1-18(2)9-13(15)17-14(10-20)16-11-5-7-12(8-6-11)19(3)4/h5-10H,1-4H3,(H,16,17)/b13-9-. The summed E-state index contributed by atoms with van der Waals surface area (Å²) in [4.78, 5) is 19.2. The zero-order chi connectivity index (χ0) is 15.1. The van der Waals surface area contributed by atoms with Crippen molar-refractivity contribution in [3.05, 3.63) is 35.1 Å². The number of hydrogen-bond donors (Lipinski definition) is 1. The molecule has 0 saturated carbocycles. The number of amidine groups is 1. The van der Waals surface area contributed by atoms with Crippen LogP contribution in [0, 0.1) is 0 Å². The number of halogens is 1. The van der Waals surface area contributed by atoms with Crippen LogP contribution in [0.4, 0.5) is 11.4 Å². The predicted molar refractivity (Wildman–Crippen MR) is 87.8 cm³/mol. The third kappa shape index (κ3) is 5.44. The lowest BCUT2D eigenvalue weighted by atomic mass is 10.3. The lowest BCUT2D eigenvalue weighted by molar-refractivity contribution is -0.102. The van der Waals surface area contributed by atoms with Gasteiger partial charge in [-0.05, 0) is 40.2 Å². The molecule has 108 valence electrons. The molecule has 0 radical (unpaired) electrons. The molecule has 0 aliphatic heterocycles. The lowest BCUT2D eigenvalue weighted by Crippen LogP contribution is -2.22. The number of aliphatic imine (C=N–C) groups is 1.